The number of carbonyl (C=O) groups is 1. The zero-order valence-corrected chi connectivity index (χ0v) is 10.1. The molecule has 0 rings (SSSR count). The van der Waals surface area contributed by atoms with Gasteiger partial charge in [-0.3, -0.25) is 4.79 Å². The van der Waals surface area contributed by atoms with Crippen molar-refractivity contribution < 1.29 is 4.79 Å². The number of nitrogens with one attached hydrogen (secondary N) is 1. The first-order valence-corrected chi connectivity index (χ1v) is 5.40. The van der Waals surface area contributed by atoms with Gasteiger partial charge in [0.25, 0.3) is 0 Å². The third kappa shape index (κ3) is 5.79. The van der Waals surface area contributed by atoms with E-state index in [-0.39, 0.29) is 11.3 Å². The summed E-state index contributed by atoms with van der Waals surface area (Å²) in [4.78, 5) is 11.6. The lowest BCUT2D eigenvalue weighted by molar-refractivity contribution is -0.115. The van der Waals surface area contributed by atoms with E-state index in [1.165, 1.54) is 0 Å². The quantitative estimate of drug-likeness (QED) is 0.686. The fourth-order valence-corrected chi connectivity index (χ4v) is 1.07. The maximum absolute atomic E-state index is 11.6. The van der Waals surface area contributed by atoms with Gasteiger partial charge in [-0.15, -0.1) is 0 Å². The molecule has 0 heterocycles. The van der Waals surface area contributed by atoms with E-state index in [4.69, 9.17) is 0 Å². The Kier molecular flexibility index (Phi) is 5.51. The van der Waals surface area contributed by atoms with Gasteiger partial charge in [0.2, 0.25) is 0 Å². The van der Waals surface area contributed by atoms with Crippen LogP contribution in [-0.2, 0) is 4.79 Å². The molecular weight excluding hydrogens is 174 g/mol. The Morgan fingerprint density at radius 1 is 1.29 bits per heavy atom. The number of hydrogen-bond donors (Lipinski definition) is 1. The first-order valence-electron chi connectivity index (χ1n) is 5.40. The first kappa shape index (κ1) is 13.2. The van der Waals surface area contributed by atoms with E-state index in [0.29, 0.717) is 6.42 Å². The van der Waals surface area contributed by atoms with Gasteiger partial charge in [-0.2, -0.15) is 0 Å². The molecule has 0 aliphatic heterocycles. The van der Waals surface area contributed by atoms with E-state index in [1.54, 1.807) is 0 Å². The molecule has 14 heavy (non-hydrogen) atoms. The average molecular weight is 197 g/mol. The van der Waals surface area contributed by atoms with E-state index in [1.807, 2.05) is 20.0 Å². The van der Waals surface area contributed by atoms with Crippen molar-refractivity contribution in [2.45, 2.75) is 59.4 Å². The highest BCUT2D eigenvalue weighted by Gasteiger charge is 2.09. The van der Waals surface area contributed by atoms with Crippen LogP contribution in [0.4, 0.5) is 0 Å². The molecule has 0 saturated heterocycles. The van der Waals surface area contributed by atoms with E-state index in [0.717, 1.165) is 18.4 Å². The summed E-state index contributed by atoms with van der Waals surface area (Å²) < 4.78 is 0. The number of ketones is 1. The van der Waals surface area contributed by atoms with Crippen LogP contribution in [0.15, 0.2) is 11.8 Å². The lowest BCUT2D eigenvalue weighted by Crippen LogP contribution is -2.31. The fraction of sp³-hybridized carbons (Fsp3) is 0.750. The predicted molar refractivity (Wildman–Crippen MR) is 61.2 cm³/mol. The highest BCUT2D eigenvalue weighted by atomic mass is 16.1. The minimum atomic E-state index is 0.0346. The Labute approximate surface area is 87.8 Å². The lowest BCUT2D eigenvalue weighted by Gasteiger charge is -2.19. The molecule has 0 atom stereocenters. The zero-order chi connectivity index (χ0) is 11.2. The van der Waals surface area contributed by atoms with E-state index in [2.05, 4.69) is 26.1 Å². The Morgan fingerprint density at radius 3 is 2.21 bits per heavy atom. The van der Waals surface area contributed by atoms with E-state index in [9.17, 15) is 4.79 Å². The molecule has 0 fully saturated rings. The third-order valence-electron chi connectivity index (χ3n) is 1.90. The number of allylic oxidation sites excluding steroid dienone is 1. The van der Waals surface area contributed by atoms with Gasteiger partial charge in [0.05, 0.1) is 0 Å². The highest BCUT2D eigenvalue weighted by molar-refractivity contribution is 5.95. The minimum absolute atomic E-state index is 0.0346. The summed E-state index contributed by atoms with van der Waals surface area (Å²) in [5.74, 6) is 0.270. The van der Waals surface area contributed by atoms with Crippen LogP contribution < -0.4 is 5.32 Å². The first-order chi connectivity index (χ1) is 6.40. The van der Waals surface area contributed by atoms with Gasteiger partial charge in [-0.25, -0.2) is 0 Å². The lowest BCUT2D eigenvalue weighted by atomic mass is 10.0. The van der Waals surface area contributed by atoms with Crippen LogP contribution in [0.25, 0.3) is 0 Å². The molecule has 0 aliphatic rings. The summed E-state index contributed by atoms with van der Waals surface area (Å²) in [6, 6.07) is 0. The van der Waals surface area contributed by atoms with Gasteiger partial charge in [-0.05, 0) is 33.6 Å². The molecular formula is C12H23NO. The van der Waals surface area contributed by atoms with Crippen LogP contribution in [0.5, 0.6) is 0 Å². The molecule has 82 valence electrons. The SMILES string of the molecule is CCCC(=O)C(=CNC(C)(C)C)CC. The monoisotopic (exact) mass is 197 g/mol. The van der Waals surface area contributed by atoms with Crippen LogP contribution in [-0.4, -0.2) is 11.3 Å². The Balaban J connectivity index is 4.32. The second-order valence-corrected chi connectivity index (χ2v) is 4.59. The van der Waals surface area contributed by atoms with Gasteiger partial charge in [0.1, 0.15) is 0 Å². The molecule has 1 N–H and O–H groups in total. The van der Waals surface area contributed by atoms with Crippen molar-refractivity contribution in [1.82, 2.24) is 5.32 Å². The largest absolute Gasteiger partial charge is 0.386 e. The topological polar surface area (TPSA) is 29.1 Å². The summed E-state index contributed by atoms with van der Waals surface area (Å²) in [6.45, 7) is 10.3. The van der Waals surface area contributed by atoms with E-state index < -0.39 is 0 Å². The molecule has 0 aromatic carbocycles. The molecule has 2 nitrogen and oxygen atoms in total. The standard InChI is InChI=1S/C12H23NO/c1-6-8-11(14)10(7-2)9-13-12(3,4)5/h9,13H,6-8H2,1-5H3. The second-order valence-electron chi connectivity index (χ2n) is 4.59. The number of rotatable bonds is 5. The summed E-state index contributed by atoms with van der Waals surface area (Å²) in [7, 11) is 0. The maximum atomic E-state index is 11.6. The smallest absolute Gasteiger partial charge is 0.160 e. The summed E-state index contributed by atoms with van der Waals surface area (Å²) in [5.41, 5.74) is 0.939. The van der Waals surface area contributed by atoms with Gasteiger partial charge in [0, 0.05) is 23.7 Å². The van der Waals surface area contributed by atoms with Crippen LogP contribution in [0.2, 0.25) is 0 Å². The van der Waals surface area contributed by atoms with Crippen LogP contribution >= 0.6 is 0 Å². The van der Waals surface area contributed by atoms with Crippen molar-refractivity contribution in [3.63, 3.8) is 0 Å². The van der Waals surface area contributed by atoms with Crippen molar-refractivity contribution in [2.75, 3.05) is 0 Å². The van der Waals surface area contributed by atoms with Crippen molar-refractivity contribution in [2.24, 2.45) is 0 Å². The van der Waals surface area contributed by atoms with Crippen LogP contribution in [0.1, 0.15) is 53.9 Å². The van der Waals surface area contributed by atoms with Crippen molar-refractivity contribution in [3.8, 4) is 0 Å². The Bertz CT molecular complexity index is 211. The number of carbonyl (C=O) groups excluding carboxylic acids is 1. The summed E-state index contributed by atoms with van der Waals surface area (Å²) >= 11 is 0. The molecule has 0 unspecified atom stereocenters. The predicted octanol–water partition coefficient (Wildman–Crippen LogP) is 3.04. The second kappa shape index (κ2) is 5.84. The minimum Gasteiger partial charge on any atom is -0.386 e. The third-order valence-corrected chi connectivity index (χ3v) is 1.90. The number of Topliss-reactive ketones (excluding diaryl/α,β-unsaturated/α-hetero) is 1. The van der Waals surface area contributed by atoms with Crippen LogP contribution in [0, 0.1) is 0 Å². The number of hydrogen-bond acceptors (Lipinski definition) is 2. The molecule has 0 aromatic rings. The highest BCUT2D eigenvalue weighted by Crippen LogP contribution is 2.07. The average Bonchev–Trinajstić information content (AvgIpc) is 2.03. The molecule has 0 aromatic heterocycles. The zero-order valence-electron chi connectivity index (χ0n) is 10.1. The normalized spacial score (nSPS) is 12.8. The van der Waals surface area contributed by atoms with Gasteiger partial charge in [0.15, 0.2) is 5.78 Å². The van der Waals surface area contributed by atoms with E-state index >= 15 is 0 Å². The van der Waals surface area contributed by atoms with Crippen molar-refractivity contribution in [3.05, 3.63) is 11.8 Å². The molecule has 0 spiro atoms. The van der Waals surface area contributed by atoms with Gasteiger partial charge >= 0.3 is 0 Å². The van der Waals surface area contributed by atoms with Crippen LogP contribution in [0.3, 0.4) is 0 Å². The van der Waals surface area contributed by atoms with Gasteiger partial charge in [-0.1, -0.05) is 13.8 Å². The van der Waals surface area contributed by atoms with Crippen molar-refractivity contribution >= 4 is 5.78 Å². The molecule has 0 saturated carbocycles. The van der Waals surface area contributed by atoms with Crippen molar-refractivity contribution in [1.29, 1.82) is 0 Å². The molecule has 0 amide bonds. The fourth-order valence-electron chi connectivity index (χ4n) is 1.07. The summed E-state index contributed by atoms with van der Waals surface area (Å²) in [5, 5.41) is 3.23. The molecule has 0 bridgehead atoms. The van der Waals surface area contributed by atoms with Gasteiger partial charge < -0.3 is 5.32 Å². The molecule has 0 aliphatic carbocycles. The summed E-state index contributed by atoms with van der Waals surface area (Å²) in [6.07, 6.45) is 4.26. The Morgan fingerprint density at radius 2 is 1.86 bits per heavy atom. The maximum Gasteiger partial charge on any atom is 0.160 e. The molecule has 0 radical (unpaired) electrons. The molecule has 2 heteroatoms. The Hall–Kier alpha value is -0.790.